The number of hydrogen-bond donors (Lipinski definition) is 1. The number of sulfonamides is 1. The summed E-state index contributed by atoms with van der Waals surface area (Å²) < 4.78 is 33.5. The predicted molar refractivity (Wildman–Crippen MR) is 130 cm³/mol. The smallest absolute Gasteiger partial charge is 0.258 e. The van der Waals surface area contributed by atoms with E-state index in [0.29, 0.717) is 21.9 Å². The molecular formula is C25H25ClN2O4S. The lowest BCUT2D eigenvalue weighted by atomic mass is 10.1. The lowest BCUT2D eigenvalue weighted by molar-refractivity contribution is 0.0981. The van der Waals surface area contributed by atoms with Crippen LogP contribution >= 0.6 is 11.6 Å². The summed E-state index contributed by atoms with van der Waals surface area (Å²) in [5, 5.41) is 0.400. The fourth-order valence-electron chi connectivity index (χ4n) is 4.08. The molecule has 3 aromatic carbocycles. The van der Waals surface area contributed by atoms with E-state index in [1.807, 2.05) is 25.1 Å². The molecule has 0 saturated carbocycles. The number of nitrogens with one attached hydrogen (secondary N) is 1. The zero-order chi connectivity index (χ0) is 23.8. The summed E-state index contributed by atoms with van der Waals surface area (Å²) in [5.41, 5.74) is 3.70. The van der Waals surface area contributed by atoms with Crippen LogP contribution in [0.2, 0.25) is 5.02 Å². The molecule has 1 aliphatic rings. The first kappa shape index (κ1) is 23.3. The lowest BCUT2D eigenvalue weighted by Crippen LogP contribution is -2.35. The number of fused-ring (bicyclic) bond motifs is 1. The zero-order valence-electron chi connectivity index (χ0n) is 18.6. The van der Waals surface area contributed by atoms with Gasteiger partial charge in [0.2, 0.25) is 10.0 Å². The van der Waals surface area contributed by atoms with E-state index in [2.05, 4.69) is 4.72 Å². The molecule has 6 nitrogen and oxygen atoms in total. The van der Waals surface area contributed by atoms with Gasteiger partial charge in [-0.2, -0.15) is 0 Å². The number of anilines is 1. The van der Waals surface area contributed by atoms with E-state index >= 15 is 0 Å². The number of carbonyl (C=O) groups excluding carboxylic acids is 1. The Labute approximate surface area is 199 Å². The van der Waals surface area contributed by atoms with E-state index in [1.165, 1.54) is 6.07 Å². The second-order valence-electron chi connectivity index (χ2n) is 8.11. The van der Waals surface area contributed by atoms with Crippen LogP contribution in [0.3, 0.4) is 0 Å². The third-order valence-electron chi connectivity index (χ3n) is 5.89. The van der Waals surface area contributed by atoms with Crippen molar-refractivity contribution < 1.29 is 17.9 Å². The van der Waals surface area contributed by atoms with Crippen molar-refractivity contribution in [2.75, 3.05) is 12.0 Å². The quantitative estimate of drug-likeness (QED) is 0.549. The molecule has 8 heteroatoms. The molecule has 0 aromatic heterocycles. The van der Waals surface area contributed by atoms with Crippen LogP contribution in [0.25, 0.3) is 0 Å². The van der Waals surface area contributed by atoms with E-state index < -0.39 is 10.0 Å². The molecule has 1 atom stereocenters. The summed E-state index contributed by atoms with van der Waals surface area (Å²) in [6, 6.07) is 17.5. The molecule has 1 N–H and O–H groups in total. The van der Waals surface area contributed by atoms with Crippen molar-refractivity contribution in [2.45, 2.75) is 37.8 Å². The number of hydrogen-bond acceptors (Lipinski definition) is 4. The molecule has 0 unspecified atom stereocenters. The SMILES string of the molecule is COc1ccc(C(=O)N2c3cc(CNS(=O)(=O)c4cccc(Cl)c4C)ccc3C[C@@H]2C)cc1. The molecule has 4 rings (SSSR count). The third kappa shape index (κ3) is 4.62. The fourth-order valence-corrected chi connectivity index (χ4v) is 5.59. The first-order valence-electron chi connectivity index (χ1n) is 10.6. The molecule has 33 heavy (non-hydrogen) atoms. The minimum atomic E-state index is -3.74. The Kier molecular flexibility index (Phi) is 6.47. The minimum Gasteiger partial charge on any atom is -0.497 e. The maximum absolute atomic E-state index is 13.3. The zero-order valence-corrected chi connectivity index (χ0v) is 20.2. The van der Waals surface area contributed by atoms with Crippen molar-refractivity contribution in [3.8, 4) is 5.75 Å². The van der Waals surface area contributed by atoms with Gasteiger partial charge < -0.3 is 9.64 Å². The molecule has 0 radical (unpaired) electrons. The van der Waals surface area contributed by atoms with E-state index in [0.717, 1.165) is 23.2 Å². The Hall–Kier alpha value is -2.87. The Bertz CT molecular complexity index is 1310. The second kappa shape index (κ2) is 9.17. The second-order valence-corrected chi connectivity index (χ2v) is 10.2. The average molecular weight is 485 g/mol. The number of halogens is 1. The van der Waals surface area contributed by atoms with Crippen LogP contribution in [-0.4, -0.2) is 27.5 Å². The van der Waals surface area contributed by atoms with E-state index in [-0.39, 0.29) is 23.4 Å². The Balaban J connectivity index is 1.57. The number of benzene rings is 3. The summed E-state index contributed by atoms with van der Waals surface area (Å²) in [6.07, 6.45) is 0.741. The predicted octanol–water partition coefficient (Wildman–Crippen LogP) is 4.73. The van der Waals surface area contributed by atoms with Gasteiger partial charge >= 0.3 is 0 Å². The van der Waals surface area contributed by atoms with Gasteiger partial charge in [0.05, 0.1) is 12.0 Å². The highest BCUT2D eigenvalue weighted by Gasteiger charge is 2.32. The van der Waals surface area contributed by atoms with Gasteiger partial charge in [0.1, 0.15) is 5.75 Å². The molecule has 0 bridgehead atoms. The van der Waals surface area contributed by atoms with Crippen LogP contribution in [0.5, 0.6) is 5.75 Å². The monoisotopic (exact) mass is 484 g/mol. The number of carbonyl (C=O) groups is 1. The van der Waals surface area contributed by atoms with Crippen molar-refractivity contribution in [1.29, 1.82) is 0 Å². The van der Waals surface area contributed by atoms with Gasteiger partial charge in [-0.25, -0.2) is 13.1 Å². The fraction of sp³-hybridized carbons (Fsp3) is 0.240. The van der Waals surface area contributed by atoms with Gasteiger partial charge in [-0.3, -0.25) is 4.79 Å². The average Bonchev–Trinajstić information content (AvgIpc) is 3.14. The van der Waals surface area contributed by atoms with E-state index in [9.17, 15) is 13.2 Å². The van der Waals surface area contributed by atoms with Crippen LogP contribution in [-0.2, 0) is 23.0 Å². The van der Waals surface area contributed by atoms with Crippen molar-refractivity contribution in [3.05, 3.63) is 87.9 Å². The van der Waals surface area contributed by atoms with Gasteiger partial charge in [0.25, 0.3) is 5.91 Å². The van der Waals surface area contributed by atoms with Gasteiger partial charge in [0, 0.05) is 28.9 Å². The van der Waals surface area contributed by atoms with Crippen LogP contribution in [0.1, 0.15) is 34.0 Å². The maximum Gasteiger partial charge on any atom is 0.258 e. The summed E-state index contributed by atoms with van der Waals surface area (Å²) >= 11 is 6.09. The summed E-state index contributed by atoms with van der Waals surface area (Å²) in [5.74, 6) is 0.585. The molecule has 1 aliphatic heterocycles. The van der Waals surface area contributed by atoms with E-state index in [1.54, 1.807) is 55.3 Å². The molecule has 0 saturated heterocycles. The van der Waals surface area contributed by atoms with Gasteiger partial charge in [0.15, 0.2) is 0 Å². The molecule has 1 amide bonds. The summed E-state index contributed by atoms with van der Waals surface area (Å²) in [6.45, 7) is 3.78. The minimum absolute atomic E-state index is 0.00402. The van der Waals surface area contributed by atoms with Crippen LogP contribution < -0.4 is 14.4 Å². The van der Waals surface area contributed by atoms with Crippen molar-refractivity contribution >= 4 is 33.2 Å². The molecule has 0 fully saturated rings. The lowest BCUT2D eigenvalue weighted by Gasteiger charge is -2.23. The topological polar surface area (TPSA) is 75.7 Å². The van der Waals surface area contributed by atoms with Gasteiger partial charge in [-0.05, 0) is 79.4 Å². The Morgan fingerprint density at radius 1 is 1.15 bits per heavy atom. The number of amides is 1. The molecule has 1 heterocycles. The molecule has 3 aromatic rings. The highest BCUT2D eigenvalue weighted by molar-refractivity contribution is 7.89. The van der Waals surface area contributed by atoms with Crippen molar-refractivity contribution in [3.63, 3.8) is 0 Å². The third-order valence-corrected chi connectivity index (χ3v) is 7.85. The molecular weight excluding hydrogens is 460 g/mol. The van der Waals surface area contributed by atoms with Crippen molar-refractivity contribution in [2.24, 2.45) is 0 Å². The highest BCUT2D eigenvalue weighted by atomic mass is 35.5. The van der Waals surface area contributed by atoms with Crippen molar-refractivity contribution in [1.82, 2.24) is 4.72 Å². The van der Waals surface area contributed by atoms with Gasteiger partial charge in [-0.1, -0.05) is 29.8 Å². The van der Waals surface area contributed by atoms with Gasteiger partial charge in [-0.15, -0.1) is 0 Å². The molecule has 172 valence electrons. The first-order valence-corrected chi connectivity index (χ1v) is 12.4. The summed E-state index contributed by atoms with van der Waals surface area (Å²) in [4.78, 5) is 15.2. The van der Waals surface area contributed by atoms with Crippen LogP contribution in [0, 0.1) is 6.92 Å². The number of ether oxygens (including phenoxy) is 1. The maximum atomic E-state index is 13.3. The largest absolute Gasteiger partial charge is 0.497 e. The van der Waals surface area contributed by atoms with Crippen LogP contribution in [0.15, 0.2) is 65.6 Å². The van der Waals surface area contributed by atoms with Crippen LogP contribution in [0.4, 0.5) is 5.69 Å². The normalized spacial score (nSPS) is 15.4. The summed E-state index contributed by atoms with van der Waals surface area (Å²) in [7, 11) is -2.16. The highest BCUT2D eigenvalue weighted by Crippen LogP contribution is 2.34. The number of methoxy groups -OCH3 is 1. The Morgan fingerprint density at radius 3 is 2.58 bits per heavy atom. The standard InChI is InChI=1S/C25H25ClN2O4S/c1-16-13-20-8-7-18(15-27-33(30,31)24-6-4-5-22(26)17(24)2)14-23(20)28(16)25(29)19-9-11-21(32-3)12-10-19/h4-12,14,16,27H,13,15H2,1-3H3/t16-/m0/s1. The first-order chi connectivity index (χ1) is 15.7. The number of nitrogens with zero attached hydrogens (tertiary/aromatic N) is 1. The molecule has 0 aliphatic carbocycles. The Morgan fingerprint density at radius 2 is 1.88 bits per heavy atom. The molecule has 0 spiro atoms. The van der Waals surface area contributed by atoms with E-state index in [4.69, 9.17) is 16.3 Å². The number of rotatable bonds is 6.